The number of ether oxygens (including phenoxy) is 2. The van der Waals surface area contributed by atoms with Crippen LogP contribution in [0.4, 0.5) is 0 Å². The highest BCUT2D eigenvalue weighted by Crippen LogP contribution is 2.41. The van der Waals surface area contributed by atoms with Crippen LogP contribution in [-0.2, 0) is 6.54 Å². The molecule has 34 heavy (non-hydrogen) atoms. The summed E-state index contributed by atoms with van der Waals surface area (Å²) in [5, 5.41) is 0.409. The molecule has 1 aliphatic heterocycles. The van der Waals surface area contributed by atoms with Gasteiger partial charge >= 0.3 is 0 Å². The number of rotatable bonds is 6. The number of hydrogen-bond acceptors (Lipinski definition) is 6. The summed E-state index contributed by atoms with van der Waals surface area (Å²) in [5.41, 5.74) is 2.00. The van der Waals surface area contributed by atoms with Gasteiger partial charge in [-0.25, -0.2) is 0 Å². The lowest BCUT2D eigenvalue weighted by Crippen LogP contribution is -2.29. The highest BCUT2D eigenvalue weighted by atomic mass is 79.9. The van der Waals surface area contributed by atoms with E-state index in [0.717, 1.165) is 15.6 Å². The highest BCUT2D eigenvalue weighted by Gasteiger charge is 2.43. The first-order valence-electron chi connectivity index (χ1n) is 10.8. The minimum atomic E-state index is -0.660. The zero-order valence-corrected chi connectivity index (χ0v) is 20.2. The van der Waals surface area contributed by atoms with Crippen molar-refractivity contribution >= 4 is 32.8 Å². The Morgan fingerprint density at radius 3 is 2.71 bits per heavy atom. The predicted octanol–water partition coefficient (Wildman–Crippen LogP) is 5.10. The van der Waals surface area contributed by atoms with Crippen LogP contribution in [0.3, 0.4) is 0 Å². The lowest BCUT2D eigenvalue weighted by atomic mass is 9.98. The SMILES string of the molecule is CCOc1ccc(C2c3c(oc4ccc(Br)cc4c3=O)C(=O)N2Cc2cccnc2)cc1OC. The minimum absolute atomic E-state index is 0.0570. The van der Waals surface area contributed by atoms with Crippen molar-refractivity contribution < 1.29 is 18.7 Å². The molecule has 0 spiro atoms. The third-order valence-electron chi connectivity index (χ3n) is 5.81. The third kappa shape index (κ3) is 3.74. The van der Waals surface area contributed by atoms with Gasteiger partial charge in [-0.2, -0.15) is 0 Å². The van der Waals surface area contributed by atoms with E-state index < -0.39 is 6.04 Å². The Bertz CT molecular complexity index is 1450. The molecule has 2 aromatic carbocycles. The zero-order valence-electron chi connectivity index (χ0n) is 18.6. The van der Waals surface area contributed by atoms with E-state index in [1.807, 2.05) is 25.1 Å². The van der Waals surface area contributed by atoms with Crippen LogP contribution in [0.1, 0.15) is 40.2 Å². The van der Waals surface area contributed by atoms with Gasteiger partial charge in [0, 0.05) is 23.4 Å². The molecule has 4 aromatic rings. The molecule has 7 nitrogen and oxygen atoms in total. The monoisotopic (exact) mass is 520 g/mol. The van der Waals surface area contributed by atoms with Crippen LogP contribution in [-0.4, -0.2) is 29.5 Å². The number of benzene rings is 2. The van der Waals surface area contributed by atoms with Crippen molar-refractivity contribution in [1.82, 2.24) is 9.88 Å². The first-order valence-corrected chi connectivity index (χ1v) is 11.6. The van der Waals surface area contributed by atoms with Crippen molar-refractivity contribution in [3.8, 4) is 11.5 Å². The van der Waals surface area contributed by atoms with Crippen LogP contribution in [0.5, 0.6) is 11.5 Å². The molecule has 1 atom stereocenters. The summed E-state index contributed by atoms with van der Waals surface area (Å²) in [6.45, 7) is 2.64. The van der Waals surface area contributed by atoms with Gasteiger partial charge in [-0.1, -0.05) is 28.1 Å². The number of aromatic nitrogens is 1. The molecular formula is C26H21BrN2O5. The van der Waals surface area contributed by atoms with Crippen LogP contribution < -0.4 is 14.9 Å². The van der Waals surface area contributed by atoms with Gasteiger partial charge in [0.15, 0.2) is 16.9 Å². The van der Waals surface area contributed by atoms with Gasteiger partial charge in [0.2, 0.25) is 5.76 Å². The second kappa shape index (κ2) is 8.95. The van der Waals surface area contributed by atoms with Crippen LogP contribution in [0.15, 0.2) is 74.6 Å². The van der Waals surface area contributed by atoms with Gasteiger partial charge in [-0.3, -0.25) is 14.6 Å². The Labute approximate surface area is 204 Å². The molecule has 1 aliphatic rings. The summed E-state index contributed by atoms with van der Waals surface area (Å²) in [7, 11) is 1.56. The van der Waals surface area contributed by atoms with E-state index in [-0.39, 0.29) is 23.6 Å². The van der Waals surface area contributed by atoms with Crippen LogP contribution in [0.2, 0.25) is 0 Å². The Kier molecular flexibility index (Phi) is 5.83. The molecule has 2 aromatic heterocycles. The molecule has 8 heteroatoms. The summed E-state index contributed by atoms with van der Waals surface area (Å²) >= 11 is 3.42. The normalized spacial score (nSPS) is 15.0. The summed E-state index contributed by atoms with van der Waals surface area (Å²) in [4.78, 5) is 33.1. The second-order valence-corrected chi connectivity index (χ2v) is 8.77. The molecule has 172 valence electrons. The van der Waals surface area contributed by atoms with Crippen molar-refractivity contribution in [2.24, 2.45) is 0 Å². The molecule has 0 N–H and O–H groups in total. The van der Waals surface area contributed by atoms with Crippen LogP contribution in [0.25, 0.3) is 11.0 Å². The second-order valence-electron chi connectivity index (χ2n) is 7.85. The molecule has 5 rings (SSSR count). The van der Waals surface area contributed by atoms with E-state index in [9.17, 15) is 9.59 Å². The number of carbonyl (C=O) groups is 1. The van der Waals surface area contributed by atoms with Crippen molar-refractivity contribution in [2.45, 2.75) is 19.5 Å². The first-order chi connectivity index (χ1) is 16.5. The van der Waals surface area contributed by atoms with E-state index in [4.69, 9.17) is 13.9 Å². The molecule has 0 saturated heterocycles. The third-order valence-corrected chi connectivity index (χ3v) is 6.30. The van der Waals surface area contributed by atoms with Gasteiger partial charge in [0.25, 0.3) is 5.91 Å². The van der Waals surface area contributed by atoms with E-state index in [1.165, 1.54) is 0 Å². The fraction of sp³-hybridized carbons (Fsp3) is 0.192. The Balaban J connectivity index is 1.72. The number of methoxy groups -OCH3 is 1. The predicted molar refractivity (Wildman–Crippen MR) is 130 cm³/mol. The fourth-order valence-corrected chi connectivity index (χ4v) is 4.68. The summed E-state index contributed by atoms with van der Waals surface area (Å²) in [6, 6.07) is 13.7. The molecule has 0 saturated carbocycles. The largest absolute Gasteiger partial charge is 0.493 e. The first kappa shape index (κ1) is 22.2. The van der Waals surface area contributed by atoms with Crippen molar-refractivity contribution in [3.63, 3.8) is 0 Å². The Hall–Kier alpha value is -3.65. The van der Waals surface area contributed by atoms with Gasteiger partial charge < -0.3 is 18.8 Å². The molecule has 0 radical (unpaired) electrons. The lowest BCUT2D eigenvalue weighted by Gasteiger charge is -2.25. The number of carbonyl (C=O) groups excluding carboxylic acids is 1. The van der Waals surface area contributed by atoms with Crippen molar-refractivity contribution in [2.75, 3.05) is 13.7 Å². The van der Waals surface area contributed by atoms with Gasteiger partial charge in [-0.15, -0.1) is 0 Å². The molecule has 1 unspecified atom stereocenters. The molecular weight excluding hydrogens is 500 g/mol. The fourth-order valence-electron chi connectivity index (χ4n) is 4.32. The average molecular weight is 521 g/mol. The molecule has 0 fully saturated rings. The number of amides is 1. The average Bonchev–Trinajstić information content (AvgIpc) is 3.12. The number of halogens is 1. The molecule has 0 aliphatic carbocycles. The molecule has 1 amide bonds. The maximum atomic E-state index is 13.7. The number of hydrogen-bond donors (Lipinski definition) is 0. The Morgan fingerprint density at radius 1 is 1.12 bits per heavy atom. The smallest absolute Gasteiger partial charge is 0.291 e. The quantitative estimate of drug-likeness (QED) is 0.351. The van der Waals surface area contributed by atoms with Crippen LogP contribution in [0, 0.1) is 0 Å². The van der Waals surface area contributed by atoms with Gasteiger partial charge in [0.05, 0.1) is 30.7 Å². The summed E-state index contributed by atoms with van der Waals surface area (Å²) < 4.78 is 18.0. The van der Waals surface area contributed by atoms with E-state index in [1.54, 1.807) is 54.7 Å². The van der Waals surface area contributed by atoms with Crippen LogP contribution >= 0.6 is 15.9 Å². The highest BCUT2D eigenvalue weighted by molar-refractivity contribution is 9.10. The number of fused-ring (bicyclic) bond motifs is 2. The lowest BCUT2D eigenvalue weighted by molar-refractivity contribution is 0.0714. The maximum absolute atomic E-state index is 13.7. The van der Waals surface area contributed by atoms with E-state index in [2.05, 4.69) is 20.9 Å². The van der Waals surface area contributed by atoms with Crippen molar-refractivity contribution in [1.29, 1.82) is 0 Å². The summed E-state index contributed by atoms with van der Waals surface area (Å²) in [5.74, 6) is 0.821. The standard InChI is InChI=1S/C26H21BrN2O5/c1-3-33-20-8-6-16(11-21(20)32-2)23-22-24(30)18-12-17(27)7-9-19(18)34-25(22)26(31)29(23)14-15-5-4-10-28-13-15/h4-13,23H,3,14H2,1-2H3. The van der Waals surface area contributed by atoms with Crippen molar-refractivity contribution in [3.05, 3.63) is 98.1 Å². The van der Waals surface area contributed by atoms with E-state index >= 15 is 0 Å². The van der Waals surface area contributed by atoms with E-state index in [0.29, 0.717) is 34.6 Å². The minimum Gasteiger partial charge on any atom is -0.493 e. The molecule has 0 bridgehead atoms. The topological polar surface area (TPSA) is 81.9 Å². The van der Waals surface area contributed by atoms with Gasteiger partial charge in [0.1, 0.15) is 5.58 Å². The maximum Gasteiger partial charge on any atom is 0.291 e. The summed E-state index contributed by atoms with van der Waals surface area (Å²) in [6.07, 6.45) is 3.38. The molecule has 3 heterocycles. The zero-order chi connectivity index (χ0) is 23.8. The number of nitrogens with zero attached hydrogens (tertiary/aromatic N) is 2. The van der Waals surface area contributed by atoms with Gasteiger partial charge in [-0.05, 0) is 54.4 Å². The number of pyridine rings is 1. The Morgan fingerprint density at radius 2 is 1.97 bits per heavy atom.